The van der Waals surface area contributed by atoms with Crippen molar-refractivity contribution in [3.8, 4) is 0 Å². The lowest BCUT2D eigenvalue weighted by atomic mass is 10.1. The number of fused-ring (bicyclic) bond motifs is 1. The quantitative estimate of drug-likeness (QED) is 0.569. The summed E-state index contributed by atoms with van der Waals surface area (Å²) >= 11 is 0. The summed E-state index contributed by atoms with van der Waals surface area (Å²) < 4.78 is 0. The number of carbonyl (C=O) groups excluding carboxylic acids is 1. The summed E-state index contributed by atoms with van der Waals surface area (Å²) in [6.45, 7) is 9.49. The molecule has 0 unspecified atom stereocenters. The highest BCUT2D eigenvalue weighted by Gasteiger charge is 2.09. The number of anilines is 1. The highest BCUT2D eigenvalue weighted by atomic mass is 16.1. The van der Waals surface area contributed by atoms with Crippen LogP contribution in [0.15, 0.2) is 35.5 Å². The fourth-order valence-electron chi connectivity index (χ4n) is 2.40. The normalized spacial score (nSPS) is 11.4. The van der Waals surface area contributed by atoms with Gasteiger partial charge in [-0.3, -0.25) is 10.1 Å². The molecule has 132 valence electrons. The zero-order valence-corrected chi connectivity index (χ0v) is 14.9. The molecule has 0 aliphatic heterocycles. The van der Waals surface area contributed by atoms with E-state index in [0.29, 0.717) is 18.2 Å². The number of aryl methyl sites for hydroxylation is 2. The molecule has 7 nitrogen and oxygen atoms in total. The van der Waals surface area contributed by atoms with Gasteiger partial charge in [0, 0.05) is 18.0 Å². The molecule has 1 heterocycles. The van der Waals surface area contributed by atoms with Crippen LogP contribution in [-0.2, 0) is 11.2 Å². The van der Waals surface area contributed by atoms with Crippen LogP contribution in [0.1, 0.15) is 31.5 Å². The number of nitrogens with one attached hydrogen (secondary N) is 2. The Morgan fingerprint density at radius 3 is 2.72 bits per heavy atom. The van der Waals surface area contributed by atoms with E-state index in [4.69, 9.17) is 5.73 Å². The van der Waals surface area contributed by atoms with E-state index in [0.717, 1.165) is 29.4 Å². The summed E-state index contributed by atoms with van der Waals surface area (Å²) in [5.74, 6) is 0.282. The lowest BCUT2D eigenvalue weighted by Crippen LogP contribution is -2.30. The number of aromatic nitrogens is 2. The molecule has 0 aliphatic carbocycles. The third-order valence-electron chi connectivity index (χ3n) is 3.45. The monoisotopic (exact) mass is 340 g/mol. The van der Waals surface area contributed by atoms with Gasteiger partial charge in [-0.1, -0.05) is 12.6 Å². The van der Waals surface area contributed by atoms with Gasteiger partial charge in [0.15, 0.2) is 0 Å². The second-order valence-electron chi connectivity index (χ2n) is 5.89. The van der Waals surface area contributed by atoms with Gasteiger partial charge in [0.1, 0.15) is 0 Å². The molecule has 2 rings (SSSR count). The molecule has 1 aromatic heterocycles. The van der Waals surface area contributed by atoms with E-state index >= 15 is 0 Å². The highest BCUT2D eigenvalue weighted by molar-refractivity contribution is 6.00. The van der Waals surface area contributed by atoms with Crippen LogP contribution in [0.2, 0.25) is 0 Å². The smallest absolute Gasteiger partial charge is 0.245 e. The maximum Gasteiger partial charge on any atom is 0.245 e. The largest absolute Gasteiger partial charge is 0.330 e. The minimum absolute atomic E-state index is 0.248. The fraction of sp³-hybridized carbons (Fsp3) is 0.333. The SMILES string of the molecule is C=C(C)N/C(=N\C(C)=O)Nc1nc(C)c2cc(CCCN)ccc2n1. The average Bonchev–Trinajstić information content (AvgIpc) is 2.52. The number of amides is 1. The van der Waals surface area contributed by atoms with Gasteiger partial charge < -0.3 is 11.1 Å². The number of aliphatic imine (C=N–C) groups is 1. The molecule has 2 aromatic rings. The first-order chi connectivity index (χ1) is 11.9. The maximum atomic E-state index is 11.3. The second-order valence-corrected chi connectivity index (χ2v) is 5.89. The molecule has 25 heavy (non-hydrogen) atoms. The molecule has 0 fully saturated rings. The second kappa shape index (κ2) is 8.34. The van der Waals surface area contributed by atoms with Crippen molar-refractivity contribution in [1.29, 1.82) is 0 Å². The molecule has 7 heteroatoms. The topological polar surface area (TPSA) is 105 Å². The summed E-state index contributed by atoms with van der Waals surface area (Å²) in [6.07, 6.45) is 1.88. The third kappa shape index (κ3) is 5.36. The van der Waals surface area contributed by atoms with E-state index in [1.54, 1.807) is 6.92 Å². The number of allylic oxidation sites excluding steroid dienone is 1. The molecular weight excluding hydrogens is 316 g/mol. The first-order valence-corrected chi connectivity index (χ1v) is 8.15. The molecule has 0 saturated heterocycles. The Labute approximate surface area is 147 Å². The van der Waals surface area contributed by atoms with Crippen molar-refractivity contribution in [2.24, 2.45) is 10.7 Å². The minimum atomic E-state index is -0.335. The molecule has 0 atom stereocenters. The summed E-state index contributed by atoms with van der Waals surface area (Å²) in [5, 5.41) is 6.83. The van der Waals surface area contributed by atoms with Gasteiger partial charge in [-0.05, 0) is 50.9 Å². The Kier molecular flexibility index (Phi) is 6.19. The van der Waals surface area contributed by atoms with Gasteiger partial charge in [0.2, 0.25) is 17.8 Å². The molecule has 1 amide bonds. The zero-order chi connectivity index (χ0) is 18.4. The third-order valence-corrected chi connectivity index (χ3v) is 3.45. The van der Waals surface area contributed by atoms with Crippen LogP contribution in [-0.4, -0.2) is 28.4 Å². The molecule has 0 saturated carbocycles. The molecular formula is C18H24N6O. The molecule has 0 radical (unpaired) electrons. The molecule has 0 bridgehead atoms. The van der Waals surface area contributed by atoms with Gasteiger partial charge >= 0.3 is 0 Å². The zero-order valence-electron chi connectivity index (χ0n) is 14.9. The Hall–Kier alpha value is -2.80. The fourth-order valence-corrected chi connectivity index (χ4v) is 2.40. The molecule has 4 N–H and O–H groups in total. The molecule has 0 spiro atoms. The van der Waals surface area contributed by atoms with Crippen LogP contribution in [0.4, 0.5) is 5.95 Å². The van der Waals surface area contributed by atoms with Crippen LogP contribution in [0, 0.1) is 6.92 Å². The van der Waals surface area contributed by atoms with Crippen LogP contribution in [0.5, 0.6) is 0 Å². The predicted octanol–water partition coefficient (Wildman–Crippen LogP) is 2.27. The number of nitrogens with two attached hydrogens (primary N) is 1. The van der Waals surface area contributed by atoms with E-state index < -0.39 is 0 Å². The van der Waals surface area contributed by atoms with Crippen LogP contribution in [0.3, 0.4) is 0 Å². The van der Waals surface area contributed by atoms with Gasteiger partial charge in [0.25, 0.3) is 0 Å². The number of rotatable bonds is 5. The Bertz CT molecular complexity index is 828. The van der Waals surface area contributed by atoms with E-state index in [2.05, 4.69) is 38.2 Å². The predicted molar refractivity (Wildman–Crippen MR) is 101 cm³/mol. The Morgan fingerprint density at radius 2 is 2.08 bits per heavy atom. The van der Waals surface area contributed by atoms with Crippen molar-refractivity contribution >= 4 is 28.7 Å². The van der Waals surface area contributed by atoms with Gasteiger partial charge in [-0.2, -0.15) is 4.99 Å². The minimum Gasteiger partial charge on any atom is -0.330 e. The summed E-state index contributed by atoms with van der Waals surface area (Å²) in [7, 11) is 0. The Balaban J connectivity index is 2.33. The lowest BCUT2D eigenvalue weighted by Gasteiger charge is -2.12. The van der Waals surface area contributed by atoms with Gasteiger partial charge in [0.05, 0.1) is 11.2 Å². The van der Waals surface area contributed by atoms with E-state index in [1.165, 1.54) is 12.5 Å². The average molecular weight is 340 g/mol. The van der Waals surface area contributed by atoms with Crippen molar-refractivity contribution in [3.05, 3.63) is 41.7 Å². The van der Waals surface area contributed by atoms with Gasteiger partial charge in [-0.25, -0.2) is 9.97 Å². The maximum absolute atomic E-state index is 11.3. The van der Waals surface area contributed by atoms with Crippen molar-refractivity contribution in [3.63, 3.8) is 0 Å². The number of hydrogen-bond donors (Lipinski definition) is 3. The van der Waals surface area contributed by atoms with Gasteiger partial charge in [-0.15, -0.1) is 0 Å². The van der Waals surface area contributed by atoms with Crippen molar-refractivity contribution in [1.82, 2.24) is 15.3 Å². The van der Waals surface area contributed by atoms with Crippen molar-refractivity contribution in [2.45, 2.75) is 33.6 Å². The van der Waals surface area contributed by atoms with E-state index in [1.807, 2.05) is 19.1 Å². The first-order valence-electron chi connectivity index (χ1n) is 8.15. The van der Waals surface area contributed by atoms with Crippen molar-refractivity contribution in [2.75, 3.05) is 11.9 Å². The highest BCUT2D eigenvalue weighted by Crippen LogP contribution is 2.19. The number of benzene rings is 1. The van der Waals surface area contributed by atoms with Crippen molar-refractivity contribution < 1.29 is 4.79 Å². The lowest BCUT2D eigenvalue weighted by molar-refractivity contribution is -0.115. The number of guanidine groups is 1. The van der Waals surface area contributed by atoms with Crippen LogP contribution < -0.4 is 16.4 Å². The number of nitrogens with zero attached hydrogens (tertiary/aromatic N) is 3. The van der Waals surface area contributed by atoms with Crippen LogP contribution >= 0.6 is 0 Å². The molecule has 0 aliphatic rings. The summed E-state index contributed by atoms with van der Waals surface area (Å²) in [5.41, 5.74) is 9.11. The van der Waals surface area contributed by atoms with E-state index in [-0.39, 0.29) is 11.9 Å². The van der Waals surface area contributed by atoms with E-state index in [9.17, 15) is 4.79 Å². The summed E-state index contributed by atoms with van der Waals surface area (Å²) in [6, 6.07) is 6.11. The number of carbonyl (C=O) groups is 1. The Morgan fingerprint density at radius 1 is 1.32 bits per heavy atom. The number of hydrogen-bond acceptors (Lipinski definition) is 4. The summed E-state index contributed by atoms with van der Waals surface area (Å²) in [4.78, 5) is 24.1. The standard InChI is InChI=1S/C18H24N6O/c1-11(2)20-17(22-13(4)25)24-18-21-12(3)15-10-14(6-5-9-19)7-8-16(15)23-18/h7-8,10H,1,5-6,9,19H2,2-4H3,(H2,20,21,22,23,24,25). The first kappa shape index (κ1) is 18.5. The molecule has 1 aromatic carbocycles. The van der Waals surface area contributed by atoms with Crippen LogP contribution in [0.25, 0.3) is 10.9 Å².